The molecule has 2 rings (SSSR count). The Balaban J connectivity index is 1.73. The number of ether oxygens (including phenoxy) is 1. The molecular weight excluding hydrogens is 300 g/mol. The minimum atomic E-state index is -0.531. The molecule has 1 aromatic heterocycles. The maximum atomic E-state index is 12.0. The quantitative estimate of drug-likeness (QED) is 0.905. The highest BCUT2D eigenvalue weighted by atomic mass is 16.6. The van der Waals surface area contributed by atoms with E-state index in [1.54, 1.807) is 0 Å². The van der Waals surface area contributed by atoms with Gasteiger partial charge in [0.15, 0.2) is 5.82 Å². The number of nitrogens with zero attached hydrogens (tertiary/aromatic N) is 3. The van der Waals surface area contributed by atoms with Crippen molar-refractivity contribution in [1.29, 1.82) is 0 Å². The van der Waals surface area contributed by atoms with E-state index in [4.69, 9.17) is 9.26 Å². The Morgan fingerprint density at radius 1 is 1.39 bits per heavy atom. The van der Waals surface area contributed by atoms with Crippen LogP contribution in [0.25, 0.3) is 0 Å². The van der Waals surface area contributed by atoms with Gasteiger partial charge in [-0.25, -0.2) is 4.79 Å². The summed E-state index contributed by atoms with van der Waals surface area (Å²) >= 11 is 0. The highest BCUT2D eigenvalue weighted by molar-refractivity contribution is 5.82. The first-order valence-corrected chi connectivity index (χ1v) is 7.74. The number of hydrogen-bond acceptors (Lipinski definition) is 6. The number of aromatic nitrogens is 2. The van der Waals surface area contributed by atoms with E-state index in [0.717, 1.165) is 0 Å². The Morgan fingerprint density at radius 3 is 2.57 bits per heavy atom. The fraction of sp³-hybridized carbons (Fsp3) is 0.733. The number of rotatable bonds is 4. The van der Waals surface area contributed by atoms with Crippen molar-refractivity contribution in [3.8, 4) is 0 Å². The molecule has 0 unspecified atom stereocenters. The van der Waals surface area contributed by atoms with Crippen molar-refractivity contribution in [2.45, 2.75) is 52.7 Å². The van der Waals surface area contributed by atoms with Gasteiger partial charge in [0.1, 0.15) is 5.60 Å². The molecule has 8 heteroatoms. The number of carbonyl (C=O) groups excluding carboxylic acids is 2. The first-order chi connectivity index (χ1) is 10.7. The molecule has 1 saturated heterocycles. The number of amides is 2. The molecule has 0 radical (unpaired) electrons. The van der Waals surface area contributed by atoms with Gasteiger partial charge >= 0.3 is 6.09 Å². The molecule has 1 aliphatic rings. The second-order valence-corrected chi connectivity index (χ2v) is 7.00. The molecule has 0 aliphatic carbocycles. The largest absolute Gasteiger partial charge is 0.444 e. The molecule has 23 heavy (non-hydrogen) atoms. The van der Waals surface area contributed by atoms with Crippen LogP contribution in [0.5, 0.6) is 0 Å². The number of likely N-dealkylation sites (tertiary alicyclic amines) is 1. The number of hydrogen-bond donors (Lipinski definition) is 1. The Bertz CT molecular complexity index is 570. The molecule has 0 atom stereocenters. The minimum Gasteiger partial charge on any atom is -0.444 e. The lowest BCUT2D eigenvalue weighted by molar-refractivity contribution is -0.130. The molecule has 0 saturated carbocycles. The Morgan fingerprint density at radius 2 is 2.04 bits per heavy atom. The monoisotopic (exact) mass is 324 g/mol. The summed E-state index contributed by atoms with van der Waals surface area (Å²) in [4.78, 5) is 29.5. The molecule has 0 spiro atoms. The molecule has 0 bridgehead atoms. The van der Waals surface area contributed by atoms with Gasteiger partial charge in [-0.3, -0.25) is 4.79 Å². The fourth-order valence-corrected chi connectivity index (χ4v) is 2.00. The standard InChI is InChI=1S/C15H24N4O4/c1-9(2)12-17-11(23-18-12)6-16-13(20)10-7-19(8-10)14(21)22-15(3,4)5/h9-10H,6-8H2,1-5H3,(H,16,20). The molecule has 1 fully saturated rings. The summed E-state index contributed by atoms with van der Waals surface area (Å²) in [7, 11) is 0. The maximum Gasteiger partial charge on any atom is 0.410 e. The minimum absolute atomic E-state index is 0.130. The fourth-order valence-electron chi connectivity index (χ4n) is 2.00. The lowest BCUT2D eigenvalue weighted by Gasteiger charge is -2.38. The molecule has 2 amide bonds. The van der Waals surface area contributed by atoms with Crippen molar-refractivity contribution in [2.75, 3.05) is 13.1 Å². The van der Waals surface area contributed by atoms with E-state index in [1.165, 1.54) is 4.90 Å². The van der Waals surface area contributed by atoms with Crippen molar-refractivity contribution >= 4 is 12.0 Å². The van der Waals surface area contributed by atoms with Gasteiger partial charge in [-0.05, 0) is 20.8 Å². The molecule has 1 aromatic rings. The van der Waals surface area contributed by atoms with Crippen molar-refractivity contribution in [2.24, 2.45) is 5.92 Å². The Kier molecular flexibility index (Phi) is 4.91. The van der Waals surface area contributed by atoms with E-state index in [1.807, 2.05) is 34.6 Å². The lowest BCUT2D eigenvalue weighted by Crippen LogP contribution is -2.56. The van der Waals surface area contributed by atoms with Gasteiger partial charge < -0.3 is 19.5 Å². The topological polar surface area (TPSA) is 97.6 Å². The van der Waals surface area contributed by atoms with Crippen LogP contribution in [0.3, 0.4) is 0 Å². The zero-order valence-electron chi connectivity index (χ0n) is 14.3. The van der Waals surface area contributed by atoms with Gasteiger partial charge in [-0.2, -0.15) is 4.98 Å². The molecule has 1 aliphatic heterocycles. The summed E-state index contributed by atoms with van der Waals surface area (Å²) < 4.78 is 10.3. The van der Waals surface area contributed by atoms with Crippen LogP contribution >= 0.6 is 0 Å². The summed E-state index contributed by atoms with van der Waals surface area (Å²) in [6.45, 7) is 10.3. The highest BCUT2D eigenvalue weighted by Crippen LogP contribution is 2.19. The van der Waals surface area contributed by atoms with Crippen LogP contribution < -0.4 is 5.32 Å². The third-order valence-corrected chi connectivity index (χ3v) is 3.32. The van der Waals surface area contributed by atoms with Crippen LogP contribution in [0.4, 0.5) is 4.79 Å². The van der Waals surface area contributed by atoms with Crippen LogP contribution in [0.2, 0.25) is 0 Å². The second kappa shape index (κ2) is 6.55. The van der Waals surface area contributed by atoms with Gasteiger partial charge in [0.05, 0.1) is 12.5 Å². The molecule has 0 aromatic carbocycles. The summed E-state index contributed by atoms with van der Waals surface area (Å²) in [5.74, 6) is 0.820. The molecule has 1 N–H and O–H groups in total. The van der Waals surface area contributed by atoms with Crippen LogP contribution in [-0.4, -0.2) is 45.7 Å². The average molecular weight is 324 g/mol. The van der Waals surface area contributed by atoms with Gasteiger partial charge in [0.25, 0.3) is 0 Å². The maximum absolute atomic E-state index is 12.0. The first kappa shape index (κ1) is 17.2. The van der Waals surface area contributed by atoms with Crippen molar-refractivity contribution in [3.05, 3.63) is 11.7 Å². The van der Waals surface area contributed by atoms with Crippen molar-refractivity contribution in [3.63, 3.8) is 0 Å². The van der Waals surface area contributed by atoms with Gasteiger partial charge in [0.2, 0.25) is 11.8 Å². The van der Waals surface area contributed by atoms with E-state index < -0.39 is 5.60 Å². The van der Waals surface area contributed by atoms with E-state index in [0.29, 0.717) is 24.8 Å². The SMILES string of the molecule is CC(C)c1noc(CNC(=O)C2CN(C(=O)OC(C)(C)C)C2)n1. The van der Waals surface area contributed by atoms with Crippen molar-refractivity contribution in [1.82, 2.24) is 20.4 Å². The second-order valence-electron chi connectivity index (χ2n) is 7.00. The predicted octanol–water partition coefficient (Wildman–Crippen LogP) is 1.68. The predicted molar refractivity (Wildman–Crippen MR) is 81.5 cm³/mol. The van der Waals surface area contributed by atoms with E-state index in [2.05, 4.69) is 15.5 Å². The molecule has 8 nitrogen and oxygen atoms in total. The van der Waals surface area contributed by atoms with E-state index in [9.17, 15) is 9.59 Å². The third-order valence-electron chi connectivity index (χ3n) is 3.32. The smallest absolute Gasteiger partial charge is 0.410 e. The van der Waals surface area contributed by atoms with Gasteiger partial charge in [-0.15, -0.1) is 0 Å². The van der Waals surface area contributed by atoms with E-state index in [-0.39, 0.29) is 30.4 Å². The van der Waals surface area contributed by atoms with E-state index >= 15 is 0 Å². The lowest BCUT2D eigenvalue weighted by atomic mass is 10.00. The van der Waals surface area contributed by atoms with Crippen LogP contribution in [-0.2, 0) is 16.1 Å². The van der Waals surface area contributed by atoms with Crippen molar-refractivity contribution < 1.29 is 18.8 Å². The first-order valence-electron chi connectivity index (χ1n) is 7.74. The number of nitrogens with one attached hydrogen (secondary N) is 1. The van der Waals surface area contributed by atoms with Crippen LogP contribution in [0.15, 0.2) is 4.52 Å². The summed E-state index contributed by atoms with van der Waals surface area (Å²) in [5, 5.41) is 6.58. The summed E-state index contributed by atoms with van der Waals surface area (Å²) in [6.07, 6.45) is -0.389. The molecular formula is C15H24N4O4. The van der Waals surface area contributed by atoms with Crippen LogP contribution in [0, 0.1) is 5.92 Å². The highest BCUT2D eigenvalue weighted by Gasteiger charge is 2.37. The normalized spacial score (nSPS) is 15.5. The molecule has 2 heterocycles. The average Bonchev–Trinajstić information content (AvgIpc) is 2.81. The summed E-state index contributed by atoms with van der Waals surface area (Å²) in [5.41, 5.74) is -0.531. The molecule has 128 valence electrons. The third kappa shape index (κ3) is 4.67. The Labute approximate surface area is 135 Å². The van der Waals surface area contributed by atoms with Gasteiger partial charge in [0, 0.05) is 19.0 Å². The zero-order valence-corrected chi connectivity index (χ0v) is 14.3. The summed E-state index contributed by atoms with van der Waals surface area (Å²) in [6, 6.07) is 0. The number of carbonyl (C=O) groups is 2. The Hall–Kier alpha value is -2.12. The van der Waals surface area contributed by atoms with Crippen LogP contribution in [0.1, 0.15) is 52.3 Å². The zero-order chi connectivity index (χ0) is 17.2. The van der Waals surface area contributed by atoms with Gasteiger partial charge in [-0.1, -0.05) is 19.0 Å².